The van der Waals surface area contributed by atoms with Crippen molar-refractivity contribution in [2.24, 2.45) is 5.92 Å². The number of hydrogen-bond acceptors (Lipinski definition) is 3. The van der Waals surface area contributed by atoms with E-state index in [0.717, 1.165) is 43.4 Å². The molecular formula is C20H23FN4O2. The van der Waals surface area contributed by atoms with Crippen LogP contribution in [0.25, 0.3) is 11.0 Å². The van der Waals surface area contributed by atoms with Crippen molar-refractivity contribution in [1.29, 1.82) is 0 Å². The number of piperidine rings is 1. The van der Waals surface area contributed by atoms with Crippen LogP contribution in [0.5, 0.6) is 0 Å². The molecule has 0 atom stereocenters. The first kappa shape index (κ1) is 17.6. The molecule has 0 unspecified atom stereocenters. The van der Waals surface area contributed by atoms with Gasteiger partial charge in [0.25, 0.3) is 0 Å². The molecule has 1 N–H and O–H groups in total. The summed E-state index contributed by atoms with van der Waals surface area (Å²) in [4.78, 5) is 14.3. The SMILES string of the molecule is Cc1c(CNC(=O)N2CCC(Cn3cccn3)CC2)oc2ccc(F)cc12. The number of nitrogens with one attached hydrogen (secondary N) is 1. The van der Waals surface area contributed by atoms with Gasteiger partial charge in [-0.25, -0.2) is 9.18 Å². The third kappa shape index (κ3) is 3.82. The van der Waals surface area contributed by atoms with Crippen LogP contribution < -0.4 is 5.32 Å². The van der Waals surface area contributed by atoms with Gasteiger partial charge < -0.3 is 14.6 Å². The quantitative estimate of drug-likeness (QED) is 0.762. The number of hydrogen-bond donors (Lipinski definition) is 1. The second-order valence-electron chi connectivity index (χ2n) is 7.11. The molecule has 3 aromatic rings. The molecule has 27 heavy (non-hydrogen) atoms. The predicted molar refractivity (Wildman–Crippen MR) is 99.7 cm³/mol. The van der Waals surface area contributed by atoms with Crippen LogP contribution in [0.15, 0.2) is 41.1 Å². The standard InChI is InChI=1S/C20H23FN4O2/c1-14-17-11-16(21)3-4-18(17)27-19(14)12-22-20(26)24-9-5-15(6-10-24)13-25-8-2-7-23-25/h2-4,7-8,11,15H,5-6,9-10,12-13H2,1H3,(H,22,26). The van der Waals surface area contributed by atoms with Crippen molar-refractivity contribution in [2.45, 2.75) is 32.9 Å². The van der Waals surface area contributed by atoms with E-state index in [2.05, 4.69) is 10.4 Å². The number of carbonyl (C=O) groups is 1. The van der Waals surface area contributed by atoms with Gasteiger partial charge in [-0.3, -0.25) is 4.68 Å². The fourth-order valence-electron chi connectivity index (χ4n) is 3.67. The smallest absolute Gasteiger partial charge is 0.317 e. The van der Waals surface area contributed by atoms with Crippen molar-refractivity contribution >= 4 is 17.0 Å². The lowest BCUT2D eigenvalue weighted by Gasteiger charge is -2.31. The van der Waals surface area contributed by atoms with Gasteiger partial charge in [-0.05, 0) is 49.9 Å². The normalized spacial score (nSPS) is 15.4. The zero-order valence-electron chi connectivity index (χ0n) is 15.3. The number of aromatic nitrogens is 2. The van der Waals surface area contributed by atoms with Crippen molar-refractivity contribution in [3.8, 4) is 0 Å². The highest BCUT2D eigenvalue weighted by molar-refractivity contribution is 5.82. The van der Waals surface area contributed by atoms with Gasteiger partial charge in [-0.1, -0.05) is 0 Å². The number of urea groups is 1. The van der Waals surface area contributed by atoms with E-state index >= 15 is 0 Å². The van der Waals surface area contributed by atoms with Crippen LogP contribution in [0.2, 0.25) is 0 Å². The van der Waals surface area contributed by atoms with Gasteiger partial charge in [0.1, 0.15) is 17.2 Å². The van der Waals surface area contributed by atoms with Crippen molar-refractivity contribution in [3.63, 3.8) is 0 Å². The topological polar surface area (TPSA) is 63.3 Å². The summed E-state index contributed by atoms with van der Waals surface area (Å²) in [6.07, 6.45) is 5.70. The summed E-state index contributed by atoms with van der Waals surface area (Å²) in [5.41, 5.74) is 1.50. The summed E-state index contributed by atoms with van der Waals surface area (Å²) >= 11 is 0. The number of furan rings is 1. The van der Waals surface area contributed by atoms with Crippen LogP contribution >= 0.6 is 0 Å². The van der Waals surface area contributed by atoms with Gasteiger partial charge in [0.2, 0.25) is 0 Å². The van der Waals surface area contributed by atoms with E-state index in [1.165, 1.54) is 12.1 Å². The molecule has 0 aliphatic carbocycles. The fraction of sp³-hybridized carbons (Fsp3) is 0.400. The molecule has 3 heterocycles. The Bertz CT molecular complexity index is 927. The number of nitrogens with zero attached hydrogens (tertiary/aromatic N) is 3. The maximum absolute atomic E-state index is 13.4. The first-order chi connectivity index (χ1) is 13.1. The van der Waals surface area contributed by atoms with Gasteiger partial charge in [0.15, 0.2) is 0 Å². The van der Waals surface area contributed by atoms with Gasteiger partial charge in [-0.15, -0.1) is 0 Å². The number of aryl methyl sites for hydroxylation is 1. The lowest BCUT2D eigenvalue weighted by molar-refractivity contribution is 0.163. The molecule has 6 nitrogen and oxygen atoms in total. The van der Waals surface area contributed by atoms with Gasteiger partial charge in [0, 0.05) is 43.0 Å². The highest BCUT2D eigenvalue weighted by Crippen LogP contribution is 2.26. The van der Waals surface area contributed by atoms with E-state index in [1.807, 2.05) is 28.8 Å². The number of carbonyl (C=O) groups excluding carboxylic acids is 1. The second kappa shape index (κ2) is 7.42. The number of likely N-dealkylation sites (tertiary alicyclic amines) is 1. The van der Waals surface area contributed by atoms with Gasteiger partial charge in [-0.2, -0.15) is 5.10 Å². The Morgan fingerprint density at radius 3 is 2.93 bits per heavy atom. The van der Waals surface area contributed by atoms with E-state index in [9.17, 15) is 9.18 Å². The molecule has 0 spiro atoms. The number of rotatable bonds is 4. The maximum atomic E-state index is 13.4. The third-order valence-corrected chi connectivity index (χ3v) is 5.30. The summed E-state index contributed by atoms with van der Waals surface area (Å²) in [7, 11) is 0. The fourth-order valence-corrected chi connectivity index (χ4v) is 3.67. The van der Waals surface area contributed by atoms with Crippen molar-refractivity contribution in [2.75, 3.05) is 13.1 Å². The van der Waals surface area contributed by atoms with Crippen LogP contribution in [0.4, 0.5) is 9.18 Å². The van der Waals surface area contributed by atoms with Crippen LogP contribution in [0.1, 0.15) is 24.2 Å². The molecule has 7 heteroatoms. The molecule has 1 fully saturated rings. The van der Waals surface area contributed by atoms with E-state index in [4.69, 9.17) is 4.42 Å². The average Bonchev–Trinajstić information content (AvgIpc) is 3.29. The molecule has 0 saturated carbocycles. The van der Waals surface area contributed by atoms with Crippen LogP contribution in [0.3, 0.4) is 0 Å². The molecule has 1 aliphatic heterocycles. The Morgan fingerprint density at radius 1 is 1.37 bits per heavy atom. The van der Waals surface area contributed by atoms with Crippen LogP contribution in [-0.4, -0.2) is 33.8 Å². The maximum Gasteiger partial charge on any atom is 0.317 e. The van der Waals surface area contributed by atoms with Crippen molar-refractivity contribution < 1.29 is 13.6 Å². The Morgan fingerprint density at radius 2 is 2.19 bits per heavy atom. The molecule has 1 saturated heterocycles. The second-order valence-corrected chi connectivity index (χ2v) is 7.11. The molecule has 0 radical (unpaired) electrons. The zero-order chi connectivity index (χ0) is 18.8. The summed E-state index contributed by atoms with van der Waals surface area (Å²) in [6.45, 7) is 4.56. The minimum absolute atomic E-state index is 0.0847. The molecule has 142 valence electrons. The molecular weight excluding hydrogens is 347 g/mol. The van der Waals surface area contributed by atoms with Gasteiger partial charge in [0.05, 0.1) is 6.54 Å². The molecule has 1 aliphatic rings. The highest BCUT2D eigenvalue weighted by Gasteiger charge is 2.23. The number of amides is 2. The van der Waals surface area contributed by atoms with E-state index < -0.39 is 0 Å². The Labute approximate surface area is 156 Å². The average molecular weight is 370 g/mol. The summed E-state index contributed by atoms with van der Waals surface area (Å²) in [5, 5.41) is 7.93. The first-order valence-electron chi connectivity index (χ1n) is 9.28. The number of halogens is 1. The van der Waals surface area contributed by atoms with E-state index in [1.54, 1.807) is 12.3 Å². The van der Waals surface area contributed by atoms with E-state index in [0.29, 0.717) is 23.8 Å². The largest absolute Gasteiger partial charge is 0.459 e. The zero-order valence-corrected chi connectivity index (χ0v) is 15.3. The lowest BCUT2D eigenvalue weighted by atomic mass is 9.97. The molecule has 0 bridgehead atoms. The van der Waals surface area contributed by atoms with Gasteiger partial charge >= 0.3 is 6.03 Å². The minimum Gasteiger partial charge on any atom is -0.459 e. The summed E-state index contributed by atoms with van der Waals surface area (Å²) < 4.78 is 21.1. The van der Waals surface area contributed by atoms with Crippen LogP contribution in [0, 0.1) is 18.7 Å². The third-order valence-electron chi connectivity index (χ3n) is 5.30. The molecule has 2 aromatic heterocycles. The molecule has 2 amide bonds. The first-order valence-corrected chi connectivity index (χ1v) is 9.28. The summed E-state index contributed by atoms with van der Waals surface area (Å²) in [5.74, 6) is 0.916. The number of benzene rings is 1. The van der Waals surface area contributed by atoms with Crippen molar-refractivity contribution in [1.82, 2.24) is 20.0 Å². The predicted octanol–water partition coefficient (Wildman–Crippen LogP) is 3.70. The highest BCUT2D eigenvalue weighted by atomic mass is 19.1. The molecule has 1 aromatic carbocycles. The van der Waals surface area contributed by atoms with Crippen LogP contribution in [-0.2, 0) is 13.1 Å². The Kier molecular flexibility index (Phi) is 4.83. The van der Waals surface area contributed by atoms with E-state index in [-0.39, 0.29) is 11.8 Å². The summed E-state index contributed by atoms with van der Waals surface area (Å²) in [6, 6.07) is 6.30. The van der Waals surface area contributed by atoms with Crippen molar-refractivity contribution in [3.05, 3.63) is 53.8 Å². The minimum atomic E-state index is -0.292. The lowest BCUT2D eigenvalue weighted by Crippen LogP contribution is -2.44. The monoisotopic (exact) mass is 370 g/mol. The Balaban J connectivity index is 1.30. The Hall–Kier alpha value is -2.83. The number of fused-ring (bicyclic) bond motifs is 1. The molecule has 4 rings (SSSR count).